The van der Waals surface area contributed by atoms with Gasteiger partial charge in [0.1, 0.15) is 5.82 Å². The zero-order chi connectivity index (χ0) is 14.8. The lowest BCUT2D eigenvalue weighted by Gasteiger charge is -2.18. The molecule has 1 heterocycles. The van der Waals surface area contributed by atoms with Crippen LogP contribution >= 0.6 is 27.3 Å². The number of fused-ring (bicyclic) bond motifs is 1. The predicted octanol–water partition coefficient (Wildman–Crippen LogP) is 5.23. The molecule has 1 aliphatic rings. The Morgan fingerprint density at radius 1 is 1.33 bits per heavy atom. The maximum Gasteiger partial charge on any atom is 0.137 e. The van der Waals surface area contributed by atoms with Crippen molar-refractivity contribution in [2.45, 2.75) is 38.6 Å². The molecule has 0 aliphatic heterocycles. The number of nitrogens with one attached hydrogen (secondary N) is 1. The van der Waals surface area contributed by atoms with Gasteiger partial charge in [0.2, 0.25) is 0 Å². The van der Waals surface area contributed by atoms with Gasteiger partial charge in [0.25, 0.3) is 0 Å². The second-order valence-corrected chi connectivity index (χ2v) is 7.53. The molecule has 0 spiro atoms. The van der Waals surface area contributed by atoms with Crippen LogP contribution in [0.1, 0.15) is 46.7 Å². The quantitative estimate of drug-likeness (QED) is 0.762. The fourth-order valence-electron chi connectivity index (χ4n) is 2.86. The molecule has 3 rings (SSSR count). The van der Waals surface area contributed by atoms with Gasteiger partial charge in [-0.05, 0) is 77.5 Å². The minimum atomic E-state index is -0.207. The second kappa shape index (κ2) is 6.59. The first kappa shape index (κ1) is 15.2. The Balaban J connectivity index is 1.94. The standard InChI is InChI=1S/C17H19BrFNS/c1-2-8-20-17(12-6-7-14(19)13(18)9-12)16-10-11-4-3-5-15(11)21-16/h6-7,9-10,17,20H,2-5,8H2,1H3. The molecule has 0 fully saturated rings. The summed E-state index contributed by atoms with van der Waals surface area (Å²) in [4.78, 5) is 2.89. The van der Waals surface area contributed by atoms with Gasteiger partial charge in [-0.2, -0.15) is 0 Å². The Hall–Kier alpha value is -0.710. The molecule has 0 saturated heterocycles. The van der Waals surface area contributed by atoms with Crippen LogP contribution in [0.4, 0.5) is 4.39 Å². The number of hydrogen-bond acceptors (Lipinski definition) is 2. The first-order valence-electron chi connectivity index (χ1n) is 7.49. The van der Waals surface area contributed by atoms with E-state index in [0.29, 0.717) is 4.47 Å². The Morgan fingerprint density at radius 3 is 2.90 bits per heavy atom. The zero-order valence-corrected chi connectivity index (χ0v) is 14.5. The lowest BCUT2D eigenvalue weighted by Crippen LogP contribution is -2.22. The van der Waals surface area contributed by atoms with Crippen LogP contribution in [0.5, 0.6) is 0 Å². The maximum absolute atomic E-state index is 13.5. The van der Waals surface area contributed by atoms with Crippen LogP contribution in [0, 0.1) is 5.82 Å². The molecule has 0 radical (unpaired) electrons. The van der Waals surface area contributed by atoms with E-state index in [1.54, 1.807) is 6.07 Å². The van der Waals surface area contributed by atoms with Crippen molar-refractivity contribution in [1.82, 2.24) is 5.32 Å². The first-order valence-corrected chi connectivity index (χ1v) is 9.09. The molecule has 1 aromatic carbocycles. The van der Waals surface area contributed by atoms with Crippen LogP contribution < -0.4 is 5.32 Å². The van der Waals surface area contributed by atoms with Gasteiger partial charge in [0.05, 0.1) is 10.5 Å². The third-order valence-electron chi connectivity index (χ3n) is 3.93. The van der Waals surface area contributed by atoms with E-state index in [0.717, 1.165) is 18.5 Å². The summed E-state index contributed by atoms with van der Waals surface area (Å²) in [5.74, 6) is -0.207. The van der Waals surface area contributed by atoms with Crippen LogP contribution in [-0.2, 0) is 12.8 Å². The van der Waals surface area contributed by atoms with Gasteiger partial charge in [-0.25, -0.2) is 4.39 Å². The number of hydrogen-bond donors (Lipinski definition) is 1. The van der Waals surface area contributed by atoms with Crippen molar-refractivity contribution in [2.75, 3.05) is 6.54 Å². The van der Waals surface area contributed by atoms with Crippen LogP contribution in [0.15, 0.2) is 28.7 Å². The minimum absolute atomic E-state index is 0.164. The number of benzene rings is 1. The van der Waals surface area contributed by atoms with Crippen LogP contribution in [0.2, 0.25) is 0 Å². The van der Waals surface area contributed by atoms with Gasteiger partial charge in [-0.15, -0.1) is 11.3 Å². The summed E-state index contributed by atoms with van der Waals surface area (Å²) in [5, 5.41) is 3.60. The van der Waals surface area contributed by atoms with Crippen molar-refractivity contribution < 1.29 is 4.39 Å². The van der Waals surface area contributed by atoms with Gasteiger partial charge in [-0.3, -0.25) is 0 Å². The normalized spacial score (nSPS) is 15.2. The molecule has 2 aromatic rings. The van der Waals surface area contributed by atoms with Crippen molar-refractivity contribution in [3.05, 3.63) is 55.4 Å². The molecule has 0 amide bonds. The van der Waals surface area contributed by atoms with Crippen LogP contribution in [0.25, 0.3) is 0 Å². The number of aryl methyl sites for hydroxylation is 2. The fourth-order valence-corrected chi connectivity index (χ4v) is 4.62. The molecule has 1 atom stereocenters. The Bertz CT molecular complexity index is 616. The fraction of sp³-hybridized carbons (Fsp3) is 0.412. The molecule has 1 nitrogen and oxygen atoms in total. The van der Waals surface area contributed by atoms with Crippen molar-refractivity contribution >= 4 is 27.3 Å². The summed E-state index contributed by atoms with van der Waals surface area (Å²) in [6.07, 6.45) is 4.80. The average Bonchev–Trinajstić information content (AvgIpc) is 3.04. The zero-order valence-electron chi connectivity index (χ0n) is 12.1. The Kier molecular flexibility index (Phi) is 4.77. The van der Waals surface area contributed by atoms with Gasteiger partial charge in [0.15, 0.2) is 0 Å². The summed E-state index contributed by atoms with van der Waals surface area (Å²) < 4.78 is 14.0. The van der Waals surface area contributed by atoms with Crippen molar-refractivity contribution in [3.8, 4) is 0 Å². The monoisotopic (exact) mass is 367 g/mol. The maximum atomic E-state index is 13.5. The highest BCUT2D eigenvalue weighted by atomic mass is 79.9. The largest absolute Gasteiger partial charge is 0.306 e. The summed E-state index contributed by atoms with van der Waals surface area (Å²) in [6.45, 7) is 3.13. The van der Waals surface area contributed by atoms with E-state index in [1.165, 1.54) is 34.6 Å². The highest BCUT2D eigenvalue weighted by Crippen LogP contribution is 2.36. The highest BCUT2D eigenvalue weighted by molar-refractivity contribution is 9.10. The molecular weight excluding hydrogens is 349 g/mol. The Morgan fingerprint density at radius 2 is 2.19 bits per heavy atom. The molecule has 1 N–H and O–H groups in total. The Labute approximate surface area is 137 Å². The molecule has 21 heavy (non-hydrogen) atoms. The molecule has 112 valence electrons. The summed E-state index contributed by atoms with van der Waals surface area (Å²) >= 11 is 5.21. The van der Waals surface area contributed by atoms with Gasteiger partial charge >= 0.3 is 0 Å². The van der Waals surface area contributed by atoms with E-state index in [4.69, 9.17) is 0 Å². The summed E-state index contributed by atoms with van der Waals surface area (Å²) in [6, 6.07) is 7.84. The second-order valence-electron chi connectivity index (χ2n) is 5.51. The summed E-state index contributed by atoms with van der Waals surface area (Å²) in [5.41, 5.74) is 2.64. The molecule has 1 aliphatic carbocycles. The van der Waals surface area contributed by atoms with Crippen LogP contribution in [0.3, 0.4) is 0 Å². The van der Waals surface area contributed by atoms with E-state index < -0.39 is 0 Å². The van der Waals surface area contributed by atoms with Crippen molar-refractivity contribution in [2.24, 2.45) is 0 Å². The average molecular weight is 368 g/mol. The smallest absolute Gasteiger partial charge is 0.137 e. The number of rotatable bonds is 5. The SMILES string of the molecule is CCCNC(c1ccc(F)c(Br)c1)c1cc2c(s1)CCC2. The molecule has 0 saturated carbocycles. The van der Waals surface area contributed by atoms with Crippen LogP contribution in [-0.4, -0.2) is 6.54 Å². The van der Waals surface area contributed by atoms with E-state index in [-0.39, 0.29) is 11.9 Å². The molecule has 1 aromatic heterocycles. The van der Waals surface area contributed by atoms with Gasteiger partial charge < -0.3 is 5.32 Å². The van der Waals surface area contributed by atoms with E-state index in [9.17, 15) is 4.39 Å². The number of halogens is 2. The molecule has 4 heteroatoms. The molecule has 1 unspecified atom stereocenters. The minimum Gasteiger partial charge on any atom is -0.306 e. The lowest BCUT2D eigenvalue weighted by atomic mass is 10.0. The molecule has 0 bridgehead atoms. The topological polar surface area (TPSA) is 12.0 Å². The van der Waals surface area contributed by atoms with Gasteiger partial charge in [-0.1, -0.05) is 13.0 Å². The van der Waals surface area contributed by atoms with Gasteiger partial charge in [0, 0.05) is 9.75 Å². The first-order chi connectivity index (χ1) is 10.2. The van der Waals surface area contributed by atoms with Crippen molar-refractivity contribution in [3.63, 3.8) is 0 Å². The van der Waals surface area contributed by atoms with E-state index in [1.807, 2.05) is 23.5 Å². The predicted molar refractivity (Wildman–Crippen MR) is 90.6 cm³/mol. The third-order valence-corrected chi connectivity index (χ3v) is 5.84. The highest BCUT2D eigenvalue weighted by Gasteiger charge is 2.21. The van der Waals surface area contributed by atoms with E-state index in [2.05, 4.69) is 34.2 Å². The van der Waals surface area contributed by atoms with E-state index >= 15 is 0 Å². The molecular formula is C17H19BrFNS. The van der Waals surface area contributed by atoms with Crippen molar-refractivity contribution in [1.29, 1.82) is 0 Å². The lowest BCUT2D eigenvalue weighted by molar-refractivity contribution is 0.596. The third kappa shape index (κ3) is 3.22. The number of thiophene rings is 1. The summed E-state index contributed by atoms with van der Waals surface area (Å²) in [7, 11) is 0.